The van der Waals surface area contributed by atoms with Gasteiger partial charge in [0.1, 0.15) is 0 Å². The van der Waals surface area contributed by atoms with Crippen LogP contribution in [0.1, 0.15) is 49.9 Å². The molecule has 1 aliphatic carbocycles. The highest BCUT2D eigenvalue weighted by Gasteiger charge is 2.20. The molecule has 2 rings (SSSR count). The Morgan fingerprint density at radius 1 is 1.12 bits per heavy atom. The second-order valence-electron chi connectivity index (χ2n) is 6.63. The summed E-state index contributed by atoms with van der Waals surface area (Å²) in [6.45, 7) is 3.82. The molecule has 1 fully saturated rings. The summed E-state index contributed by atoms with van der Waals surface area (Å²) in [6, 6.07) is 5.54. The summed E-state index contributed by atoms with van der Waals surface area (Å²) in [7, 11) is -3.57. The molecule has 0 radical (unpaired) electrons. The van der Waals surface area contributed by atoms with E-state index in [1.54, 1.807) is 6.92 Å². The smallest absolute Gasteiger partial charge is 0.338 e. The van der Waals surface area contributed by atoms with E-state index in [-0.39, 0.29) is 35.6 Å². The number of ether oxygens (including phenoxy) is 1. The van der Waals surface area contributed by atoms with Gasteiger partial charge in [-0.25, -0.2) is 17.9 Å². The standard InChI is InChI=1S/C18H26N2O5S/c1-3-19-26(23,24)16-10-6-14(7-11-16)18(22)25-12-17(21)20-15-8-4-13(2)5-9-15/h6-7,10-11,13,15,19H,3-5,8-9,12H2,1-2H3,(H,20,21). The summed E-state index contributed by atoms with van der Waals surface area (Å²) in [5.41, 5.74) is 0.194. The topological polar surface area (TPSA) is 102 Å². The fourth-order valence-corrected chi connectivity index (χ4v) is 3.97. The monoisotopic (exact) mass is 382 g/mol. The van der Waals surface area contributed by atoms with Gasteiger partial charge in [0, 0.05) is 12.6 Å². The summed E-state index contributed by atoms with van der Waals surface area (Å²) in [4.78, 5) is 24.0. The van der Waals surface area contributed by atoms with Crippen molar-refractivity contribution in [1.29, 1.82) is 0 Å². The van der Waals surface area contributed by atoms with Crippen LogP contribution in [0.3, 0.4) is 0 Å². The van der Waals surface area contributed by atoms with Crippen LogP contribution in [0, 0.1) is 5.92 Å². The van der Waals surface area contributed by atoms with Gasteiger partial charge in [0.15, 0.2) is 6.61 Å². The van der Waals surface area contributed by atoms with Crippen molar-refractivity contribution < 1.29 is 22.7 Å². The van der Waals surface area contributed by atoms with Gasteiger partial charge in [0.05, 0.1) is 10.5 Å². The number of benzene rings is 1. The molecule has 0 spiro atoms. The van der Waals surface area contributed by atoms with Crippen molar-refractivity contribution in [2.45, 2.75) is 50.5 Å². The molecule has 0 aliphatic heterocycles. The van der Waals surface area contributed by atoms with Crippen molar-refractivity contribution in [2.75, 3.05) is 13.2 Å². The highest BCUT2D eigenvalue weighted by molar-refractivity contribution is 7.89. The minimum absolute atomic E-state index is 0.0696. The molecule has 1 saturated carbocycles. The number of nitrogens with one attached hydrogen (secondary N) is 2. The van der Waals surface area contributed by atoms with Crippen LogP contribution in [0.15, 0.2) is 29.2 Å². The molecule has 0 bridgehead atoms. The van der Waals surface area contributed by atoms with E-state index in [1.807, 2.05) is 0 Å². The van der Waals surface area contributed by atoms with Crippen LogP contribution in [-0.4, -0.2) is 39.5 Å². The molecular formula is C18H26N2O5S. The molecule has 1 aromatic carbocycles. The third-order valence-corrected chi connectivity index (χ3v) is 6.01. The Hall–Kier alpha value is -1.93. The summed E-state index contributed by atoms with van der Waals surface area (Å²) < 4.78 is 31.1. The third-order valence-electron chi connectivity index (χ3n) is 4.45. The first-order chi connectivity index (χ1) is 12.3. The molecule has 0 heterocycles. The highest BCUT2D eigenvalue weighted by atomic mass is 32.2. The van der Waals surface area contributed by atoms with Crippen LogP contribution >= 0.6 is 0 Å². The van der Waals surface area contributed by atoms with Gasteiger partial charge < -0.3 is 10.1 Å². The Balaban J connectivity index is 1.83. The zero-order chi connectivity index (χ0) is 19.2. The van der Waals surface area contributed by atoms with Crippen molar-refractivity contribution in [3.63, 3.8) is 0 Å². The summed E-state index contributed by atoms with van der Waals surface area (Å²) in [5, 5.41) is 2.89. The van der Waals surface area contributed by atoms with E-state index in [4.69, 9.17) is 4.74 Å². The zero-order valence-electron chi connectivity index (χ0n) is 15.2. The summed E-state index contributed by atoms with van der Waals surface area (Å²) in [5.74, 6) is -0.283. The average molecular weight is 382 g/mol. The predicted octanol–water partition coefficient (Wildman–Crippen LogP) is 1.84. The van der Waals surface area contributed by atoms with Crippen LogP contribution < -0.4 is 10.0 Å². The van der Waals surface area contributed by atoms with Crippen LogP contribution in [-0.2, 0) is 19.6 Å². The normalized spacial score (nSPS) is 20.4. The number of hydrogen-bond acceptors (Lipinski definition) is 5. The quantitative estimate of drug-likeness (QED) is 0.701. The molecule has 144 valence electrons. The molecule has 0 atom stereocenters. The van der Waals surface area contributed by atoms with E-state index < -0.39 is 16.0 Å². The van der Waals surface area contributed by atoms with Crippen molar-refractivity contribution in [2.24, 2.45) is 5.92 Å². The van der Waals surface area contributed by atoms with E-state index in [0.717, 1.165) is 25.7 Å². The van der Waals surface area contributed by atoms with E-state index in [2.05, 4.69) is 17.0 Å². The lowest BCUT2D eigenvalue weighted by Gasteiger charge is -2.26. The Bertz CT molecular complexity index is 722. The fraction of sp³-hybridized carbons (Fsp3) is 0.556. The Morgan fingerprint density at radius 3 is 2.31 bits per heavy atom. The van der Waals surface area contributed by atoms with Crippen molar-refractivity contribution >= 4 is 21.9 Å². The molecule has 0 aromatic heterocycles. The number of rotatable bonds is 7. The SMILES string of the molecule is CCNS(=O)(=O)c1ccc(C(=O)OCC(=O)NC2CCC(C)CC2)cc1. The lowest BCUT2D eigenvalue weighted by atomic mass is 9.87. The van der Waals surface area contributed by atoms with E-state index in [0.29, 0.717) is 5.92 Å². The number of hydrogen-bond donors (Lipinski definition) is 2. The van der Waals surface area contributed by atoms with Gasteiger partial charge in [-0.2, -0.15) is 0 Å². The molecule has 1 aromatic rings. The number of sulfonamides is 1. The summed E-state index contributed by atoms with van der Waals surface area (Å²) >= 11 is 0. The lowest BCUT2D eigenvalue weighted by molar-refractivity contribution is -0.125. The van der Waals surface area contributed by atoms with E-state index in [9.17, 15) is 18.0 Å². The van der Waals surface area contributed by atoms with Crippen molar-refractivity contribution in [1.82, 2.24) is 10.0 Å². The van der Waals surface area contributed by atoms with E-state index in [1.165, 1.54) is 24.3 Å². The Kier molecular flexibility index (Phi) is 7.16. The van der Waals surface area contributed by atoms with Gasteiger partial charge in [0.2, 0.25) is 10.0 Å². The number of carbonyl (C=O) groups is 2. The van der Waals surface area contributed by atoms with Crippen molar-refractivity contribution in [3.8, 4) is 0 Å². The molecule has 0 unspecified atom stereocenters. The molecule has 1 amide bonds. The Morgan fingerprint density at radius 2 is 1.73 bits per heavy atom. The van der Waals surface area contributed by atoms with Gasteiger partial charge >= 0.3 is 5.97 Å². The van der Waals surface area contributed by atoms with Crippen LogP contribution in [0.5, 0.6) is 0 Å². The van der Waals surface area contributed by atoms with Gasteiger partial charge in [-0.15, -0.1) is 0 Å². The maximum absolute atomic E-state index is 12.0. The molecule has 26 heavy (non-hydrogen) atoms. The number of amides is 1. The largest absolute Gasteiger partial charge is 0.452 e. The number of esters is 1. The lowest BCUT2D eigenvalue weighted by Crippen LogP contribution is -2.39. The average Bonchev–Trinajstić information content (AvgIpc) is 2.62. The molecule has 1 aliphatic rings. The highest BCUT2D eigenvalue weighted by Crippen LogP contribution is 2.23. The summed E-state index contributed by atoms with van der Waals surface area (Å²) in [6.07, 6.45) is 4.07. The second kappa shape index (κ2) is 9.14. The first kappa shape index (κ1) is 20.4. The van der Waals surface area contributed by atoms with Gasteiger partial charge in [0.25, 0.3) is 5.91 Å². The second-order valence-corrected chi connectivity index (χ2v) is 8.39. The van der Waals surface area contributed by atoms with Crippen molar-refractivity contribution in [3.05, 3.63) is 29.8 Å². The minimum Gasteiger partial charge on any atom is -0.452 e. The van der Waals surface area contributed by atoms with Crippen LogP contribution in [0.25, 0.3) is 0 Å². The predicted molar refractivity (Wildman–Crippen MR) is 97.1 cm³/mol. The maximum Gasteiger partial charge on any atom is 0.338 e. The van der Waals surface area contributed by atoms with Gasteiger partial charge in [-0.3, -0.25) is 4.79 Å². The van der Waals surface area contributed by atoms with Gasteiger partial charge in [-0.1, -0.05) is 13.8 Å². The molecule has 7 nitrogen and oxygen atoms in total. The minimum atomic E-state index is -3.57. The maximum atomic E-state index is 12.0. The molecule has 8 heteroatoms. The number of carbonyl (C=O) groups excluding carboxylic acids is 2. The molecule has 2 N–H and O–H groups in total. The van der Waals surface area contributed by atoms with E-state index >= 15 is 0 Å². The van der Waals surface area contributed by atoms with Crippen LogP contribution in [0.2, 0.25) is 0 Å². The molecular weight excluding hydrogens is 356 g/mol. The third kappa shape index (κ3) is 5.81. The van der Waals surface area contributed by atoms with Crippen LogP contribution in [0.4, 0.5) is 0 Å². The zero-order valence-corrected chi connectivity index (χ0v) is 16.0. The fourth-order valence-electron chi connectivity index (χ4n) is 2.93. The Labute approximate surface area is 154 Å². The first-order valence-corrected chi connectivity index (χ1v) is 10.4. The molecule has 0 saturated heterocycles. The van der Waals surface area contributed by atoms with Gasteiger partial charge in [-0.05, 0) is 55.9 Å². The first-order valence-electron chi connectivity index (χ1n) is 8.88.